The zero-order chi connectivity index (χ0) is 13.8. The van der Waals surface area contributed by atoms with Crippen molar-refractivity contribution in [3.05, 3.63) is 23.8 Å². The number of unbranched alkanes of at least 4 members (excludes halogenated alkanes) is 1. The molecule has 1 amide bonds. The number of benzene rings is 1. The summed E-state index contributed by atoms with van der Waals surface area (Å²) in [5.74, 6) is 0.769. The normalized spacial score (nSPS) is 14.4. The quantitative estimate of drug-likeness (QED) is 0.773. The predicted molar refractivity (Wildman–Crippen MR) is 79.0 cm³/mol. The summed E-state index contributed by atoms with van der Waals surface area (Å²) in [7, 11) is 0. The van der Waals surface area contributed by atoms with Crippen molar-refractivity contribution in [2.24, 2.45) is 0 Å². The number of thioether (sulfide) groups is 1. The van der Waals surface area contributed by atoms with Gasteiger partial charge >= 0.3 is 0 Å². The fraction of sp³-hybridized carbons (Fsp3) is 0.467. The Bertz CT molecular complexity index is 499. The minimum Gasteiger partial charge on any atom is -0.311 e. The molecule has 0 unspecified atom stereocenters. The molecule has 0 radical (unpaired) electrons. The van der Waals surface area contributed by atoms with E-state index in [1.165, 1.54) is 0 Å². The summed E-state index contributed by atoms with van der Waals surface area (Å²) in [6.07, 6.45) is 2.54. The highest BCUT2D eigenvalue weighted by molar-refractivity contribution is 8.00. The molecular weight excluding hydrogens is 258 g/mol. The Morgan fingerprint density at radius 1 is 1.37 bits per heavy atom. The fourth-order valence-corrected chi connectivity index (χ4v) is 3.06. The monoisotopic (exact) mass is 277 g/mol. The first-order valence-corrected chi connectivity index (χ1v) is 7.76. The lowest BCUT2D eigenvalue weighted by molar-refractivity contribution is -0.116. The van der Waals surface area contributed by atoms with Crippen LogP contribution in [0.1, 0.15) is 43.5 Å². The zero-order valence-corrected chi connectivity index (χ0v) is 12.3. The molecule has 1 aromatic carbocycles. The summed E-state index contributed by atoms with van der Waals surface area (Å²) >= 11 is 1.56. The number of amides is 1. The zero-order valence-electron chi connectivity index (χ0n) is 11.4. The first-order chi connectivity index (χ1) is 9.17. The minimum absolute atomic E-state index is 0.126. The van der Waals surface area contributed by atoms with Crippen molar-refractivity contribution in [1.82, 2.24) is 0 Å². The molecular formula is C15H19NO2S. The first kappa shape index (κ1) is 14.1. The van der Waals surface area contributed by atoms with Gasteiger partial charge in [0.05, 0.1) is 11.4 Å². The molecule has 0 N–H and O–H groups in total. The van der Waals surface area contributed by atoms with Crippen LogP contribution in [0.5, 0.6) is 0 Å². The van der Waals surface area contributed by atoms with Crippen molar-refractivity contribution < 1.29 is 9.59 Å². The summed E-state index contributed by atoms with van der Waals surface area (Å²) in [4.78, 5) is 26.8. The van der Waals surface area contributed by atoms with Gasteiger partial charge in [-0.1, -0.05) is 26.3 Å². The van der Waals surface area contributed by atoms with Gasteiger partial charge in [0.1, 0.15) is 0 Å². The standard InChI is InChI=1S/C15H19NO2S/c1-3-5-8-16-12-9-11(13(17)4-2)6-7-14(12)19-10-15(16)18/h6-7,9H,3-5,8,10H2,1-2H3. The summed E-state index contributed by atoms with van der Waals surface area (Å²) in [5, 5.41) is 0. The molecule has 0 fully saturated rings. The van der Waals surface area contributed by atoms with Crippen molar-refractivity contribution in [3.63, 3.8) is 0 Å². The topological polar surface area (TPSA) is 37.4 Å². The van der Waals surface area contributed by atoms with Gasteiger partial charge in [-0.3, -0.25) is 9.59 Å². The third-order valence-corrected chi connectivity index (χ3v) is 4.33. The van der Waals surface area contributed by atoms with Gasteiger partial charge in [-0.05, 0) is 18.6 Å². The van der Waals surface area contributed by atoms with Crippen molar-refractivity contribution in [1.29, 1.82) is 0 Å². The number of rotatable bonds is 5. The van der Waals surface area contributed by atoms with Gasteiger partial charge in [0, 0.05) is 23.4 Å². The van der Waals surface area contributed by atoms with E-state index in [9.17, 15) is 9.59 Å². The van der Waals surface area contributed by atoms with Crippen LogP contribution in [-0.4, -0.2) is 24.0 Å². The summed E-state index contributed by atoms with van der Waals surface area (Å²) in [6, 6.07) is 5.71. The smallest absolute Gasteiger partial charge is 0.237 e. The maximum atomic E-state index is 12.0. The minimum atomic E-state index is 0.126. The van der Waals surface area contributed by atoms with E-state index >= 15 is 0 Å². The first-order valence-electron chi connectivity index (χ1n) is 6.77. The van der Waals surface area contributed by atoms with Crippen LogP contribution in [0.15, 0.2) is 23.1 Å². The van der Waals surface area contributed by atoms with Gasteiger partial charge in [-0.2, -0.15) is 0 Å². The van der Waals surface area contributed by atoms with Crippen LogP contribution in [0.4, 0.5) is 5.69 Å². The molecule has 0 saturated heterocycles. The van der Waals surface area contributed by atoms with E-state index in [0.29, 0.717) is 17.7 Å². The van der Waals surface area contributed by atoms with Crippen molar-refractivity contribution in [2.45, 2.75) is 38.0 Å². The molecule has 0 aromatic heterocycles. The van der Waals surface area contributed by atoms with Gasteiger partial charge in [0.15, 0.2) is 5.78 Å². The molecule has 0 spiro atoms. The maximum Gasteiger partial charge on any atom is 0.237 e. The van der Waals surface area contributed by atoms with Crippen molar-refractivity contribution >= 4 is 29.1 Å². The summed E-state index contributed by atoms with van der Waals surface area (Å²) in [5.41, 5.74) is 1.62. The number of carbonyl (C=O) groups excluding carboxylic acids is 2. The highest BCUT2D eigenvalue weighted by atomic mass is 32.2. The van der Waals surface area contributed by atoms with E-state index in [1.807, 2.05) is 30.0 Å². The highest BCUT2D eigenvalue weighted by Crippen LogP contribution is 2.36. The Hall–Kier alpha value is -1.29. The van der Waals surface area contributed by atoms with Crippen LogP contribution in [0.3, 0.4) is 0 Å². The highest BCUT2D eigenvalue weighted by Gasteiger charge is 2.24. The van der Waals surface area contributed by atoms with Crippen molar-refractivity contribution in [2.75, 3.05) is 17.2 Å². The van der Waals surface area contributed by atoms with Gasteiger partial charge in [0.2, 0.25) is 5.91 Å². The van der Waals surface area contributed by atoms with E-state index in [2.05, 4.69) is 6.92 Å². The molecule has 4 heteroatoms. The third-order valence-electron chi connectivity index (χ3n) is 3.28. The molecule has 2 rings (SSSR count). The molecule has 1 heterocycles. The lowest BCUT2D eigenvalue weighted by atomic mass is 10.1. The van der Waals surface area contributed by atoms with Gasteiger partial charge in [0.25, 0.3) is 0 Å². The number of Topliss-reactive ketones (excluding diaryl/α,β-unsaturated/α-hetero) is 1. The number of ketones is 1. The van der Waals surface area contributed by atoms with E-state index in [0.717, 1.165) is 30.0 Å². The largest absolute Gasteiger partial charge is 0.311 e. The van der Waals surface area contributed by atoms with E-state index in [4.69, 9.17) is 0 Å². The Kier molecular flexibility index (Phi) is 4.64. The molecule has 3 nitrogen and oxygen atoms in total. The molecule has 19 heavy (non-hydrogen) atoms. The molecule has 1 aromatic rings. The van der Waals surface area contributed by atoms with Crippen LogP contribution in [-0.2, 0) is 4.79 Å². The Morgan fingerprint density at radius 3 is 2.84 bits per heavy atom. The van der Waals surface area contributed by atoms with Crippen LogP contribution in [0.2, 0.25) is 0 Å². The average Bonchev–Trinajstić information content (AvgIpc) is 2.45. The Morgan fingerprint density at radius 2 is 2.16 bits per heavy atom. The maximum absolute atomic E-state index is 12.0. The van der Waals surface area contributed by atoms with E-state index < -0.39 is 0 Å². The van der Waals surface area contributed by atoms with Gasteiger partial charge < -0.3 is 4.90 Å². The number of nitrogens with zero attached hydrogens (tertiary/aromatic N) is 1. The van der Waals surface area contributed by atoms with E-state index in [-0.39, 0.29) is 11.7 Å². The Balaban J connectivity index is 2.35. The lowest BCUT2D eigenvalue weighted by Crippen LogP contribution is -2.36. The average molecular weight is 277 g/mol. The number of hydrogen-bond acceptors (Lipinski definition) is 3. The number of carbonyl (C=O) groups is 2. The van der Waals surface area contributed by atoms with Crippen LogP contribution < -0.4 is 4.90 Å². The van der Waals surface area contributed by atoms with Crippen LogP contribution >= 0.6 is 11.8 Å². The second-order valence-electron chi connectivity index (χ2n) is 4.65. The molecule has 102 valence electrons. The SMILES string of the molecule is CCCCN1C(=O)CSc2ccc(C(=O)CC)cc21. The Labute approximate surface area is 118 Å². The molecule has 0 bridgehead atoms. The molecule has 1 aliphatic heterocycles. The second kappa shape index (κ2) is 6.24. The lowest BCUT2D eigenvalue weighted by Gasteiger charge is -2.29. The molecule has 1 aliphatic rings. The van der Waals surface area contributed by atoms with Crippen molar-refractivity contribution in [3.8, 4) is 0 Å². The van der Waals surface area contributed by atoms with Crippen LogP contribution in [0.25, 0.3) is 0 Å². The third kappa shape index (κ3) is 3.00. The van der Waals surface area contributed by atoms with Crippen LogP contribution in [0, 0.1) is 0 Å². The number of anilines is 1. The molecule has 0 atom stereocenters. The summed E-state index contributed by atoms with van der Waals surface area (Å²) in [6.45, 7) is 4.71. The summed E-state index contributed by atoms with van der Waals surface area (Å²) < 4.78 is 0. The number of fused-ring (bicyclic) bond motifs is 1. The van der Waals surface area contributed by atoms with Gasteiger partial charge in [-0.15, -0.1) is 11.8 Å². The fourth-order valence-electron chi connectivity index (χ4n) is 2.14. The van der Waals surface area contributed by atoms with Gasteiger partial charge in [-0.25, -0.2) is 0 Å². The molecule has 0 aliphatic carbocycles. The molecule has 0 saturated carbocycles. The second-order valence-corrected chi connectivity index (χ2v) is 5.66. The van der Waals surface area contributed by atoms with E-state index in [1.54, 1.807) is 11.8 Å². The predicted octanol–water partition coefficient (Wildman–Crippen LogP) is 3.52. The number of hydrogen-bond donors (Lipinski definition) is 0.